The maximum atomic E-state index is 12.5. The standard InChI is InChI=1S/C24H30N4O/c1-18-16-23(21-12-5-6-13-22(21)26-18)27-20-11-9-10-19(17-20)24(29)25-14-7-4-8-15-28(2)3/h5-6,9-13,16-17H,4,7-8,14-15H2,1-3H3,(H,25,29)(H,26,27). The molecule has 0 aliphatic heterocycles. The molecule has 0 spiro atoms. The number of carbonyl (C=O) groups is 1. The zero-order valence-corrected chi connectivity index (χ0v) is 17.5. The van der Waals surface area contributed by atoms with Gasteiger partial charge in [-0.1, -0.05) is 30.7 Å². The Hall–Kier alpha value is -2.92. The number of rotatable bonds is 9. The summed E-state index contributed by atoms with van der Waals surface area (Å²) in [7, 11) is 4.16. The average Bonchev–Trinajstić information content (AvgIpc) is 2.70. The van der Waals surface area contributed by atoms with E-state index in [9.17, 15) is 4.79 Å². The van der Waals surface area contributed by atoms with Crippen molar-refractivity contribution in [1.29, 1.82) is 0 Å². The Morgan fingerprint density at radius 2 is 1.83 bits per heavy atom. The Kier molecular flexibility index (Phi) is 7.19. The minimum atomic E-state index is -0.0305. The van der Waals surface area contributed by atoms with E-state index >= 15 is 0 Å². The van der Waals surface area contributed by atoms with Crippen molar-refractivity contribution in [3.63, 3.8) is 0 Å². The van der Waals surface area contributed by atoms with Gasteiger partial charge >= 0.3 is 0 Å². The second-order valence-electron chi connectivity index (χ2n) is 7.65. The summed E-state index contributed by atoms with van der Waals surface area (Å²) >= 11 is 0. The molecule has 1 amide bonds. The molecule has 0 aliphatic rings. The fourth-order valence-electron chi connectivity index (χ4n) is 3.34. The van der Waals surface area contributed by atoms with Gasteiger partial charge in [0.1, 0.15) is 0 Å². The second-order valence-corrected chi connectivity index (χ2v) is 7.65. The molecule has 5 heteroatoms. The van der Waals surface area contributed by atoms with Crippen LogP contribution in [0.1, 0.15) is 35.3 Å². The van der Waals surface area contributed by atoms with Gasteiger partial charge in [0.25, 0.3) is 5.91 Å². The molecular formula is C24H30N4O. The summed E-state index contributed by atoms with van der Waals surface area (Å²) < 4.78 is 0. The number of aromatic nitrogens is 1. The molecule has 0 saturated carbocycles. The van der Waals surface area contributed by atoms with Gasteiger partial charge in [0.15, 0.2) is 0 Å². The lowest BCUT2D eigenvalue weighted by Gasteiger charge is -2.12. The molecule has 0 saturated heterocycles. The van der Waals surface area contributed by atoms with Crippen molar-refractivity contribution in [3.05, 3.63) is 65.9 Å². The SMILES string of the molecule is Cc1cc(Nc2cccc(C(=O)NCCCCCN(C)C)c2)c2ccccc2n1. The van der Waals surface area contributed by atoms with Crippen molar-refractivity contribution >= 4 is 28.2 Å². The second kappa shape index (κ2) is 10.0. The average molecular weight is 391 g/mol. The molecule has 0 radical (unpaired) electrons. The first kappa shape index (κ1) is 20.8. The number of para-hydroxylation sites is 1. The Morgan fingerprint density at radius 1 is 1.00 bits per heavy atom. The summed E-state index contributed by atoms with van der Waals surface area (Å²) in [5, 5.41) is 7.54. The van der Waals surface area contributed by atoms with E-state index in [1.54, 1.807) is 0 Å². The fraction of sp³-hybridized carbons (Fsp3) is 0.333. The normalized spacial score (nSPS) is 11.0. The predicted molar refractivity (Wildman–Crippen MR) is 121 cm³/mol. The first-order valence-corrected chi connectivity index (χ1v) is 10.2. The highest BCUT2D eigenvalue weighted by Gasteiger charge is 2.08. The molecule has 3 aromatic rings. The van der Waals surface area contributed by atoms with Crippen LogP contribution in [0.5, 0.6) is 0 Å². The highest BCUT2D eigenvalue weighted by Crippen LogP contribution is 2.26. The molecule has 5 nitrogen and oxygen atoms in total. The van der Waals surface area contributed by atoms with Crippen LogP contribution in [0.4, 0.5) is 11.4 Å². The van der Waals surface area contributed by atoms with E-state index in [1.165, 1.54) is 0 Å². The smallest absolute Gasteiger partial charge is 0.251 e. The lowest BCUT2D eigenvalue weighted by molar-refractivity contribution is 0.0953. The minimum Gasteiger partial charge on any atom is -0.355 e. The third-order valence-electron chi connectivity index (χ3n) is 4.82. The predicted octanol–water partition coefficient (Wildman–Crippen LogP) is 4.75. The molecule has 0 bridgehead atoms. The molecule has 0 unspecified atom stereocenters. The molecule has 2 N–H and O–H groups in total. The van der Waals surface area contributed by atoms with Crippen molar-refractivity contribution in [2.45, 2.75) is 26.2 Å². The first-order chi connectivity index (χ1) is 14.0. The largest absolute Gasteiger partial charge is 0.355 e. The number of carbonyl (C=O) groups excluding carboxylic acids is 1. The molecule has 1 aromatic heterocycles. The summed E-state index contributed by atoms with van der Waals surface area (Å²) in [4.78, 5) is 19.3. The van der Waals surface area contributed by atoms with Crippen LogP contribution in [0.2, 0.25) is 0 Å². The number of aryl methyl sites for hydroxylation is 1. The van der Waals surface area contributed by atoms with Crippen LogP contribution in [0, 0.1) is 6.92 Å². The lowest BCUT2D eigenvalue weighted by atomic mass is 10.1. The van der Waals surface area contributed by atoms with Gasteiger partial charge < -0.3 is 15.5 Å². The Morgan fingerprint density at radius 3 is 2.66 bits per heavy atom. The van der Waals surface area contributed by atoms with E-state index in [2.05, 4.69) is 40.7 Å². The maximum Gasteiger partial charge on any atom is 0.251 e. The number of nitrogens with zero attached hydrogens (tertiary/aromatic N) is 2. The van der Waals surface area contributed by atoms with Crippen molar-refractivity contribution in [2.75, 3.05) is 32.5 Å². The number of pyridine rings is 1. The first-order valence-electron chi connectivity index (χ1n) is 10.2. The number of nitrogens with one attached hydrogen (secondary N) is 2. The van der Waals surface area contributed by atoms with E-state index < -0.39 is 0 Å². The van der Waals surface area contributed by atoms with E-state index in [1.807, 2.05) is 55.5 Å². The zero-order valence-electron chi connectivity index (χ0n) is 17.5. The van der Waals surface area contributed by atoms with Crippen LogP contribution < -0.4 is 10.6 Å². The quantitative estimate of drug-likeness (QED) is 0.518. The summed E-state index contributed by atoms with van der Waals surface area (Å²) in [6, 6.07) is 17.7. The van der Waals surface area contributed by atoms with Crippen molar-refractivity contribution in [1.82, 2.24) is 15.2 Å². The highest BCUT2D eigenvalue weighted by atomic mass is 16.1. The van der Waals surface area contributed by atoms with Crippen molar-refractivity contribution in [3.8, 4) is 0 Å². The van der Waals surface area contributed by atoms with Crippen LogP contribution in [0.25, 0.3) is 10.9 Å². The Bertz CT molecular complexity index is 968. The van der Waals surface area contributed by atoms with Gasteiger partial charge in [0.05, 0.1) is 5.52 Å². The monoisotopic (exact) mass is 390 g/mol. The number of anilines is 2. The summed E-state index contributed by atoms with van der Waals surface area (Å²) in [6.07, 6.45) is 3.27. The summed E-state index contributed by atoms with van der Waals surface area (Å²) in [5.74, 6) is -0.0305. The van der Waals surface area contributed by atoms with Gasteiger partial charge in [0, 0.05) is 34.6 Å². The molecule has 1 heterocycles. The van der Waals surface area contributed by atoms with Gasteiger partial charge in [-0.2, -0.15) is 0 Å². The number of amides is 1. The topological polar surface area (TPSA) is 57.3 Å². The minimum absolute atomic E-state index is 0.0305. The molecule has 0 atom stereocenters. The van der Waals surface area contributed by atoms with Crippen LogP contribution >= 0.6 is 0 Å². The van der Waals surface area contributed by atoms with Gasteiger partial charge in [-0.25, -0.2) is 0 Å². The third kappa shape index (κ3) is 6.03. The molecule has 0 fully saturated rings. The van der Waals surface area contributed by atoms with Crippen molar-refractivity contribution in [2.24, 2.45) is 0 Å². The van der Waals surface area contributed by atoms with Crippen LogP contribution in [-0.4, -0.2) is 43.0 Å². The van der Waals surface area contributed by atoms with Crippen LogP contribution in [0.15, 0.2) is 54.6 Å². The summed E-state index contributed by atoms with van der Waals surface area (Å²) in [6.45, 7) is 3.78. The number of hydrogen-bond donors (Lipinski definition) is 2. The van der Waals surface area contributed by atoms with Gasteiger partial charge in [-0.3, -0.25) is 9.78 Å². The Balaban J connectivity index is 1.62. The molecule has 3 rings (SSSR count). The van der Waals surface area contributed by atoms with Gasteiger partial charge in [-0.15, -0.1) is 0 Å². The lowest BCUT2D eigenvalue weighted by Crippen LogP contribution is -2.24. The molecule has 29 heavy (non-hydrogen) atoms. The molecule has 2 aromatic carbocycles. The summed E-state index contributed by atoms with van der Waals surface area (Å²) in [5.41, 5.74) is 4.46. The molecule has 0 aliphatic carbocycles. The third-order valence-corrected chi connectivity index (χ3v) is 4.82. The van der Waals surface area contributed by atoms with E-state index in [-0.39, 0.29) is 5.91 Å². The van der Waals surface area contributed by atoms with E-state index in [0.29, 0.717) is 12.1 Å². The van der Waals surface area contributed by atoms with Gasteiger partial charge in [-0.05, 0) is 70.7 Å². The van der Waals surface area contributed by atoms with E-state index in [0.717, 1.165) is 53.8 Å². The van der Waals surface area contributed by atoms with Crippen LogP contribution in [0.3, 0.4) is 0 Å². The van der Waals surface area contributed by atoms with Crippen molar-refractivity contribution < 1.29 is 4.79 Å². The molecular weight excluding hydrogens is 360 g/mol. The molecule has 152 valence electrons. The fourth-order valence-corrected chi connectivity index (χ4v) is 3.34. The van der Waals surface area contributed by atoms with Crippen LogP contribution in [-0.2, 0) is 0 Å². The zero-order chi connectivity index (χ0) is 20.6. The highest BCUT2D eigenvalue weighted by molar-refractivity contribution is 5.96. The van der Waals surface area contributed by atoms with Gasteiger partial charge in [0.2, 0.25) is 0 Å². The Labute approximate surface area is 173 Å². The number of unbranched alkanes of at least 4 members (excludes halogenated alkanes) is 2. The number of hydrogen-bond acceptors (Lipinski definition) is 4. The number of fused-ring (bicyclic) bond motifs is 1. The number of benzene rings is 2. The maximum absolute atomic E-state index is 12.5. The van der Waals surface area contributed by atoms with E-state index in [4.69, 9.17) is 0 Å².